The second kappa shape index (κ2) is 9.35. The van der Waals surface area contributed by atoms with Crippen molar-refractivity contribution in [1.29, 1.82) is 0 Å². The standard InChI is InChI=1S/C16H22N8.HI/c1-3-17-16(19-12-13-7-10-20-23(13)2)18-9-8-15-22-21-14-6-4-5-11-24(14)15;/h4-7,10-11H,3,8-9,12H2,1-2H3,(H2,17,18,19);1H. The molecule has 2 N–H and O–H groups in total. The molecular weight excluding hydrogens is 431 g/mol. The monoisotopic (exact) mass is 454 g/mol. The minimum Gasteiger partial charge on any atom is -0.357 e. The summed E-state index contributed by atoms with van der Waals surface area (Å²) in [5.41, 5.74) is 1.93. The Kier molecular flexibility index (Phi) is 7.16. The third kappa shape index (κ3) is 4.91. The van der Waals surface area contributed by atoms with E-state index in [-0.39, 0.29) is 24.0 Å². The van der Waals surface area contributed by atoms with Crippen molar-refractivity contribution in [2.75, 3.05) is 13.1 Å². The summed E-state index contributed by atoms with van der Waals surface area (Å²) in [5, 5.41) is 19.1. The van der Waals surface area contributed by atoms with Crippen LogP contribution in [0.3, 0.4) is 0 Å². The van der Waals surface area contributed by atoms with Crippen molar-refractivity contribution < 1.29 is 0 Å². The molecule has 0 saturated carbocycles. The highest BCUT2D eigenvalue weighted by Gasteiger charge is 2.05. The molecular formula is C16H23IN8. The molecule has 0 amide bonds. The quantitative estimate of drug-likeness (QED) is 0.334. The van der Waals surface area contributed by atoms with Crippen LogP contribution in [0.25, 0.3) is 5.65 Å². The number of hydrogen-bond acceptors (Lipinski definition) is 4. The lowest BCUT2D eigenvalue weighted by Gasteiger charge is -2.11. The average molecular weight is 454 g/mol. The third-order valence-corrected chi connectivity index (χ3v) is 3.69. The van der Waals surface area contributed by atoms with Crippen LogP contribution < -0.4 is 10.6 Å². The van der Waals surface area contributed by atoms with E-state index in [0.29, 0.717) is 6.54 Å². The van der Waals surface area contributed by atoms with E-state index in [1.165, 1.54) is 0 Å². The lowest BCUT2D eigenvalue weighted by atomic mass is 10.4. The van der Waals surface area contributed by atoms with Gasteiger partial charge in [-0.2, -0.15) is 5.10 Å². The summed E-state index contributed by atoms with van der Waals surface area (Å²) in [6.07, 6.45) is 4.52. The molecule has 0 fully saturated rings. The smallest absolute Gasteiger partial charge is 0.191 e. The van der Waals surface area contributed by atoms with E-state index in [1.54, 1.807) is 6.20 Å². The third-order valence-electron chi connectivity index (χ3n) is 3.69. The highest BCUT2D eigenvalue weighted by Crippen LogP contribution is 2.03. The van der Waals surface area contributed by atoms with Gasteiger partial charge in [0, 0.05) is 39.0 Å². The Labute approximate surface area is 163 Å². The first-order chi connectivity index (χ1) is 11.8. The zero-order chi connectivity index (χ0) is 16.8. The van der Waals surface area contributed by atoms with E-state index in [1.807, 2.05) is 53.5 Å². The van der Waals surface area contributed by atoms with Crippen molar-refractivity contribution in [3.05, 3.63) is 48.2 Å². The number of halogens is 1. The van der Waals surface area contributed by atoms with Gasteiger partial charge < -0.3 is 10.6 Å². The molecule has 0 unspecified atom stereocenters. The highest BCUT2D eigenvalue weighted by atomic mass is 127. The molecule has 25 heavy (non-hydrogen) atoms. The number of pyridine rings is 1. The van der Waals surface area contributed by atoms with Crippen molar-refractivity contribution in [1.82, 2.24) is 35.0 Å². The molecule has 0 aromatic carbocycles. The van der Waals surface area contributed by atoms with Crippen LogP contribution in [0.1, 0.15) is 18.4 Å². The van der Waals surface area contributed by atoms with E-state index < -0.39 is 0 Å². The number of nitrogens with zero attached hydrogens (tertiary/aromatic N) is 6. The fourth-order valence-electron chi connectivity index (χ4n) is 2.41. The summed E-state index contributed by atoms with van der Waals surface area (Å²) in [7, 11) is 1.92. The van der Waals surface area contributed by atoms with E-state index in [9.17, 15) is 0 Å². The Morgan fingerprint density at radius 2 is 2.08 bits per heavy atom. The number of rotatable bonds is 6. The number of aromatic nitrogens is 5. The Hall–Kier alpha value is -2.17. The lowest BCUT2D eigenvalue weighted by molar-refractivity contribution is 0.705. The zero-order valence-corrected chi connectivity index (χ0v) is 16.7. The number of aliphatic imine (C=N–C) groups is 1. The van der Waals surface area contributed by atoms with Crippen LogP contribution in [0.15, 0.2) is 41.7 Å². The van der Waals surface area contributed by atoms with E-state index >= 15 is 0 Å². The Bertz CT molecular complexity index is 822. The first-order valence-electron chi connectivity index (χ1n) is 8.05. The number of aryl methyl sites for hydroxylation is 1. The molecule has 0 saturated heterocycles. The Balaban J connectivity index is 0.00000225. The Morgan fingerprint density at radius 1 is 1.20 bits per heavy atom. The summed E-state index contributed by atoms with van der Waals surface area (Å²) in [6.45, 7) is 4.17. The maximum atomic E-state index is 4.59. The van der Waals surface area contributed by atoms with Gasteiger partial charge in [-0.3, -0.25) is 9.08 Å². The van der Waals surface area contributed by atoms with E-state index in [0.717, 1.165) is 42.6 Å². The minimum atomic E-state index is 0. The number of hydrogen-bond donors (Lipinski definition) is 2. The molecule has 134 valence electrons. The predicted octanol–water partition coefficient (Wildman–Crippen LogP) is 1.38. The van der Waals surface area contributed by atoms with Gasteiger partial charge in [0.05, 0.1) is 12.2 Å². The van der Waals surface area contributed by atoms with Crippen molar-refractivity contribution in [2.45, 2.75) is 19.9 Å². The summed E-state index contributed by atoms with van der Waals surface area (Å²) in [5.74, 6) is 1.72. The topological polar surface area (TPSA) is 84.4 Å². The van der Waals surface area contributed by atoms with Gasteiger partial charge in [-0.05, 0) is 25.1 Å². The van der Waals surface area contributed by atoms with E-state index in [4.69, 9.17) is 0 Å². The second-order valence-electron chi connectivity index (χ2n) is 5.36. The molecule has 9 heteroatoms. The van der Waals surface area contributed by atoms with Crippen molar-refractivity contribution in [2.24, 2.45) is 12.0 Å². The van der Waals surface area contributed by atoms with Crippen molar-refractivity contribution in [3.63, 3.8) is 0 Å². The van der Waals surface area contributed by atoms with Crippen LogP contribution in [-0.2, 0) is 20.0 Å². The first-order valence-corrected chi connectivity index (χ1v) is 8.05. The number of nitrogens with one attached hydrogen (secondary N) is 2. The van der Waals surface area contributed by atoms with Crippen molar-refractivity contribution >= 4 is 35.6 Å². The predicted molar refractivity (Wildman–Crippen MR) is 108 cm³/mol. The second-order valence-corrected chi connectivity index (χ2v) is 5.36. The molecule has 0 radical (unpaired) electrons. The lowest BCUT2D eigenvalue weighted by Crippen LogP contribution is -2.38. The summed E-state index contributed by atoms with van der Waals surface area (Å²) >= 11 is 0. The molecule has 0 aliphatic carbocycles. The molecule has 3 aromatic heterocycles. The molecule has 8 nitrogen and oxygen atoms in total. The van der Waals surface area contributed by atoms with Gasteiger partial charge in [0.2, 0.25) is 0 Å². The Morgan fingerprint density at radius 3 is 2.84 bits per heavy atom. The van der Waals surface area contributed by atoms with Gasteiger partial charge in [-0.15, -0.1) is 34.2 Å². The van der Waals surface area contributed by atoms with Gasteiger partial charge in [-0.25, -0.2) is 4.99 Å². The normalized spacial score (nSPS) is 11.4. The molecule has 0 aliphatic heterocycles. The van der Waals surface area contributed by atoms with Gasteiger partial charge in [-0.1, -0.05) is 6.07 Å². The van der Waals surface area contributed by atoms with Gasteiger partial charge in [0.1, 0.15) is 5.82 Å². The molecule has 0 atom stereocenters. The van der Waals surface area contributed by atoms with Gasteiger partial charge in [0.25, 0.3) is 0 Å². The molecule has 0 aliphatic rings. The summed E-state index contributed by atoms with van der Waals surface area (Å²) < 4.78 is 3.83. The van der Waals surface area contributed by atoms with Gasteiger partial charge in [0.15, 0.2) is 11.6 Å². The molecule has 0 bridgehead atoms. The minimum absolute atomic E-state index is 0. The van der Waals surface area contributed by atoms with Crippen LogP contribution in [0, 0.1) is 0 Å². The van der Waals surface area contributed by atoms with Crippen LogP contribution in [0.5, 0.6) is 0 Å². The average Bonchev–Trinajstić information content (AvgIpc) is 3.19. The van der Waals surface area contributed by atoms with Crippen LogP contribution >= 0.6 is 24.0 Å². The fraction of sp³-hybridized carbons (Fsp3) is 0.375. The summed E-state index contributed by atoms with van der Waals surface area (Å²) in [4.78, 5) is 4.59. The zero-order valence-electron chi connectivity index (χ0n) is 14.4. The highest BCUT2D eigenvalue weighted by molar-refractivity contribution is 14.0. The molecule has 0 spiro atoms. The fourth-order valence-corrected chi connectivity index (χ4v) is 2.41. The van der Waals surface area contributed by atoms with Crippen LogP contribution in [0.2, 0.25) is 0 Å². The van der Waals surface area contributed by atoms with Crippen LogP contribution in [-0.4, -0.2) is 43.4 Å². The molecule has 3 aromatic rings. The number of guanidine groups is 1. The number of fused-ring (bicyclic) bond motifs is 1. The van der Waals surface area contributed by atoms with Crippen molar-refractivity contribution in [3.8, 4) is 0 Å². The van der Waals surface area contributed by atoms with Crippen LogP contribution in [0.4, 0.5) is 0 Å². The maximum Gasteiger partial charge on any atom is 0.191 e. The molecule has 3 rings (SSSR count). The maximum absolute atomic E-state index is 4.59. The summed E-state index contributed by atoms with van der Waals surface area (Å²) in [6, 6.07) is 7.85. The molecule has 3 heterocycles. The first kappa shape index (κ1) is 19.2. The largest absolute Gasteiger partial charge is 0.357 e. The SMILES string of the molecule is CCNC(=NCc1ccnn1C)NCCc1nnc2ccccn12.I. The van der Waals surface area contributed by atoms with Gasteiger partial charge >= 0.3 is 0 Å². The van der Waals surface area contributed by atoms with E-state index in [2.05, 4.69) is 30.9 Å².